The Morgan fingerprint density at radius 2 is 1.65 bits per heavy atom. The quantitative estimate of drug-likeness (QED) is 0.654. The summed E-state index contributed by atoms with van der Waals surface area (Å²) in [6, 6.07) is 8.07. The zero-order valence-electron chi connectivity index (χ0n) is 13.7. The number of hydrogen-bond donors (Lipinski definition) is 4. The van der Waals surface area contributed by atoms with Crippen molar-refractivity contribution in [1.29, 1.82) is 0 Å². The lowest BCUT2D eigenvalue weighted by molar-refractivity contribution is -0.138. The molecule has 0 spiro atoms. The first-order chi connectivity index (χ1) is 10.9. The molecule has 0 saturated carbocycles. The van der Waals surface area contributed by atoms with Gasteiger partial charge in [-0.15, -0.1) is 0 Å². The smallest absolute Gasteiger partial charge is 0.320 e. The molecule has 0 aliphatic heterocycles. The fourth-order valence-corrected chi connectivity index (χ4v) is 2.06. The normalized spacial score (nSPS) is 12.8. The Morgan fingerprint density at radius 3 is 2.00 bits per heavy atom. The zero-order chi connectivity index (χ0) is 17.7. The molecule has 0 bridgehead atoms. The molecule has 0 amide bonds. The van der Waals surface area contributed by atoms with Crippen LogP contribution in [0.2, 0.25) is 0 Å². The summed E-state index contributed by atoms with van der Waals surface area (Å²) in [4.78, 5) is 19.3. The third-order valence-corrected chi connectivity index (χ3v) is 3.37. The molecule has 1 aromatic rings. The Bertz CT molecular complexity index is 454. The minimum absolute atomic E-state index is 0.278. The van der Waals surface area contributed by atoms with Crippen molar-refractivity contribution in [2.45, 2.75) is 51.5 Å². The van der Waals surface area contributed by atoms with E-state index >= 15 is 0 Å². The number of carboxylic acids is 2. The first-order valence-electron chi connectivity index (χ1n) is 7.89. The average Bonchev–Trinajstić information content (AvgIpc) is 3.02. The van der Waals surface area contributed by atoms with Crippen molar-refractivity contribution < 1.29 is 19.8 Å². The molecule has 1 aromatic carbocycles. The van der Waals surface area contributed by atoms with Crippen molar-refractivity contribution in [2.75, 3.05) is 6.54 Å². The summed E-state index contributed by atoms with van der Waals surface area (Å²) in [5.74, 6) is -1.87. The van der Waals surface area contributed by atoms with Crippen LogP contribution in [0.25, 0.3) is 0 Å². The Balaban J connectivity index is 0.000000332. The third kappa shape index (κ3) is 10.4. The first kappa shape index (κ1) is 21.1. The van der Waals surface area contributed by atoms with Gasteiger partial charge < -0.3 is 21.7 Å². The van der Waals surface area contributed by atoms with E-state index in [2.05, 4.69) is 30.0 Å². The van der Waals surface area contributed by atoms with Gasteiger partial charge in [-0.2, -0.15) is 0 Å². The van der Waals surface area contributed by atoms with Crippen LogP contribution in [0.15, 0.2) is 24.3 Å². The molecule has 0 heterocycles. The lowest BCUT2D eigenvalue weighted by Gasteiger charge is -2.02. The van der Waals surface area contributed by atoms with Crippen LogP contribution in [0.3, 0.4) is 0 Å². The number of carboxylic acid groups (broad SMARTS) is 2. The van der Waals surface area contributed by atoms with Crippen LogP contribution in [-0.4, -0.2) is 34.7 Å². The van der Waals surface area contributed by atoms with Gasteiger partial charge in [0.1, 0.15) is 6.04 Å². The summed E-state index contributed by atoms with van der Waals surface area (Å²) < 4.78 is 0. The van der Waals surface area contributed by atoms with E-state index in [0.717, 1.165) is 12.8 Å². The maximum Gasteiger partial charge on any atom is 0.320 e. The molecule has 6 N–H and O–H groups in total. The van der Waals surface area contributed by atoms with Gasteiger partial charge >= 0.3 is 11.9 Å². The van der Waals surface area contributed by atoms with E-state index in [-0.39, 0.29) is 6.54 Å². The molecule has 1 aliphatic carbocycles. The molecule has 0 unspecified atom stereocenters. The summed E-state index contributed by atoms with van der Waals surface area (Å²) in [7, 11) is 0. The highest BCUT2D eigenvalue weighted by atomic mass is 16.4. The van der Waals surface area contributed by atoms with Crippen LogP contribution in [0.5, 0.6) is 0 Å². The monoisotopic (exact) mass is 324 g/mol. The molecule has 0 saturated heterocycles. The molecule has 0 radical (unpaired) electrons. The van der Waals surface area contributed by atoms with Crippen LogP contribution in [0.1, 0.15) is 43.7 Å². The Morgan fingerprint density at radius 1 is 1.17 bits per heavy atom. The van der Waals surface area contributed by atoms with E-state index in [1.807, 2.05) is 6.92 Å². The highest BCUT2D eigenvalue weighted by Crippen LogP contribution is 2.20. The molecule has 1 aliphatic rings. The molecule has 2 rings (SSSR count). The highest BCUT2D eigenvalue weighted by molar-refractivity contribution is 5.72. The number of aliphatic carboxylic acids is 2. The molecule has 0 aromatic heterocycles. The van der Waals surface area contributed by atoms with Gasteiger partial charge in [0.05, 0.1) is 6.54 Å². The summed E-state index contributed by atoms with van der Waals surface area (Å²) in [5, 5.41) is 15.9. The van der Waals surface area contributed by atoms with Crippen molar-refractivity contribution >= 4 is 11.9 Å². The second-order valence-electron chi connectivity index (χ2n) is 5.31. The Hall–Kier alpha value is -1.92. The number of fused-ring (bicyclic) bond motifs is 1. The fourth-order valence-electron chi connectivity index (χ4n) is 2.06. The fraction of sp³-hybridized carbons (Fsp3) is 0.529. The van der Waals surface area contributed by atoms with Gasteiger partial charge in [-0.3, -0.25) is 9.59 Å². The molecular weight excluding hydrogens is 296 g/mol. The van der Waals surface area contributed by atoms with Gasteiger partial charge in [-0.1, -0.05) is 44.0 Å². The average molecular weight is 324 g/mol. The predicted octanol–water partition coefficient (Wildman–Crippen LogP) is 1.79. The number of aryl methyl sites for hydroxylation is 2. The number of carbonyl (C=O) groups is 2. The number of unbranched alkanes of at least 4 members (excludes halogenated alkanes) is 1. The van der Waals surface area contributed by atoms with Gasteiger partial charge in [0.2, 0.25) is 0 Å². The van der Waals surface area contributed by atoms with E-state index < -0.39 is 18.0 Å². The van der Waals surface area contributed by atoms with Gasteiger partial charge in [-0.25, -0.2) is 0 Å². The molecular formula is C17H28N2O4. The van der Waals surface area contributed by atoms with E-state index in [1.54, 1.807) is 11.1 Å². The van der Waals surface area contributed by atoms with Crippen LogP contribution in [0.4, 0.5) is 0 Å². The van der Waals surface area contributed by atoms with Gasteiger partial charge in [0.25, 0.3) is 0 Å². The molecule has 23 heavy (non-hydrogen) atoms. The Labute approximate surface area is 137 Å². The Kier molecular flexibility index (Phi) is 11.6. The lowest BCUT2D eigenvalue weighted by Crippen LogP contribution is -2.29. The SMILES string of the molecule is CCCC[C@@H](N)C(=O)O.NCC(=O)O.c1ccc2c(c1)CCC2. The lowest BCUT2D eigenvalue weighted by atomic mass is 10.1. The standard InChI is InChI=1S/C9H10.C6H13NO2.C2H5NO2/c1-2-5-9-7-3-6-8(9)4-1;1-2-3-4-5(7)6(8)9;3-1-2(4)5/h1-2,4-5H,3,6-7H2;5H,2-4,7H2,1H3,(H,8,9);1,3H2,(H,4,5)/t;5-;/m.1./s1. The topological polar surface area (TPSA) is 127 Å². The van der Waals surface area contributed by atoms with E-state index in [0.29, 0.717) is 6.42 Å². The van der Waals surface area contributed by atoms with Crippen LogP contribution in [0, 0.1) is 0 Å². The second-order valence-corrected chi connectivity index (χ2v) is 5.31. The number of benzene rings is 1. The maximum absolute atomic E-state index is 10.1. The van der Waals surface area contributed by atoms with E-state index in [9.17, 15) is 9.59 Å². The van der Waals surface area contributed by atoms with Crippen molar-refractivity contribution in [1.82, 2.24) is 0 Å². The summed E-state index contributed by atoms with van der Waals surface area (Å²) >= 11 is 0. The minimum atomic E-state index is -0.968. The highest BCUT2D eigenvalue weighted by Gasteiger charge is 2.08. The van der Waals surface area contributed by atoms with Crippen LogP contribution in [-0.2, 0) is 22.4 Å². The molecule has 130 valence electrons. The zero-order valence-corrected chi connectivity index (χ0v) is 13.7. The van der Waals surface area contributed by atoms with Crippen LogP contribution >= 0.6 is 0 Å². The maximum atomic E-state index is 10.1. The van der Waals surface area contributed by atoms with Crippen molar-refractivity contribution in [3.8, 4) is 0 Å². The summed E-state index contributed by atoms with van der Waals surface area (Å²) in [6.45, 7) is 1.73. The molecule has 6 heteroatoms. The van der Waals surface area contributed by atoms with Gasteiger partial charge in [0, 0.05) is 0 Å². The van der Waals surface area contributed by atoms with Gasteiger partial charge in [0.15, 0.2) is 0 Å². The molecule has 1 atom stereocenters. The van der Waals surface area contributed by atoms with Crippen molar-refractivity contribution in [2.24, 2.45) is 11.5 Å². The van der Waals surface area contributed by atoms with Gasteiger partial charge in [-0.05, 0) is 36.8 Å². The van der Waals surface area contributed by atoms with E-state index in [1.165, 1.54) is 19.3 Å². The predicted molar refractivity (Wildman–Crippen MR) is 90.3 cm³/mol. The minimum Gasteiger partial charge on any atom is -0.480 e. The van der Waals surface area contributed by atoms with E-state index in [4.69, 9.17) is 15.9 Å². The van der Waals surface area contributed by atoms with Crippen molar-refractivity contribution in [3.05, 3.63) is 35.4 Å². The van der Waals surface area contributed by atoms with Crippen LogP contribution < -0.4 is 11.5 Å². The number of nitrogens with two attached hydrogens (primary N) is 2. The number of hydrogen-bond acceptors (Lipinski definition) is 4. The summed E-state index contributed by atoms with van der Waals surface area (Å²) in [5.41, 5.74) is 12.9. The third-order valence-electron chi connectivity index (χ3n) is 3.37. The largest absolute Gasteiger partial charge is 0.480 e. The molecule has 0 fully saturated rings. The molecule has 6 nitrogen and oxygen atoms in total. The number of rotatable bonds is 5. The first-order valence-corrected chi connectivity index (χ1v) is 7.89. The second kappa shape index (κ2) is 12.6. The van der Waals surface area contributed by atoms with Crippen molar-refractivity contribution in [3.63, 3.8) is 0 Å². The summed E-state index contributed by atoms with van der Waals surface area (Å²) in [6.07, 6.45) is 6.45.